The summed E-state index contributed by atoms with van der Waals surface area (Å²) < 4.78 is 9.86. The Labute approximate surface area is 83.6 Å². The molecule has 0 amide bonds. The first-order valence-electron chi connectivity index (χ1n) is 4.46. The highest BCUT2D eigenvalue weighted by Crippen LogP contribution is 2.00. The van der Waals surface area contributed by atoms with E-state index in [1.54, 1.807) is 37.8 Å². The fourth-order valence-corrected chi connectivity index (χ4v) is 0.958. The van der Waals surface area contributed by atoms with Crippen LogP contribution in [0.5, 0.6) is 0 Å². The highest BCUT2D eigenvalue weighted by atomic mass is 16.6. The average molecular weight is 193 g/mol. The van der Waals surface area contributed by atoms with E-state index in [0.29, 0.717) is 12.2 Å². The molecule has 1 radical (unpaired) electrons. The largest absolute Gasteiger partial charge is 0.460 e. The third kappa shape index (κ3) is 3.58. The van der Waals surface area contributed by atoms with Crippen LogP contribution in [0.3, 0.4) is 0 Å². The summed E-state index contributed by atoms with van der Waals surface area (Å²) in [6.45, 7) is 4.02. The standard InChI is InChI=1S/C11H13O3/c1-2-13-8-9-14-11(12)10-6-4-3-5-7-10/h2-7H,8-9H2,1H3. The molecule has 0 spiro atoms. The summed E-state index contributed by atoms with van der Waals surface area (Å²) in [5.41, 5.74) is 0.563. The van der Waals surface area contributed by atoms with Crippen molar-refractivity contribution in [2.24, 2.45) is 0 Å². The molecule has 3 heteroatoms. The molecule has 0 bridgehead atoms. The van der Waals surface area contributed by atoms with Gasteiger partial charge in [0, 0.05) is 0 Å². The molecular formula is C11H13O3. The fraction of sp³-hybridized carbons (Fsp3) is 0.273. The molecule has 0 aliphatic heterocycles. The van der Waals surface area contributed by atoms with Crippen molar-refractivity contribution in [1.29, 1.82) is 0 Å². The molecule has 0 heterocycles. The first kappa shape index (κ1) is 10.7. The van der Waals surface area contributed by atoms with Crippen LogP contribution in [-0.2, 0) is 9.47 Å². The van der Waals surface area contributed by atoms with Gasteiger partial charge in [0.25, 0.3) is 0 Å². The number of ether oxygens (including phenoxy) is 2. The van der Waals surface area contributed by atoms with Crippen molar-refractivity contribution in [2.75, 3.05) is 13.2 Å². The van der Waals surface area contributed by atoms with Crippen molar-refractivity contribution in [3.63, 3.8) is 0 Å². The second-order valence-corrected chi connectivity index (χ2v) is 2.61. The smallest absolute Gasteiger partial charge is 0.338 e. The Kier molecular flexibility index (Phi) is 4.72. The predicted octanol–water partition coefficient (Wildman–Crippen LogP) is 2.04. The lowest BCUT2D eigenvalue weighted by atomic mass is 10.2. The monoisotopic (exact) mass is 193 g/mol. The van der Waals surface area contributed by atoms with Gasteiger partial charge in [-0.2, -0.15) is 0 Å². The molecule has 0 fully saturated rings. The van der Waals surface area contributed by atoms with Crippen molar-refractivity contribution in [3.05, 3.63) is 42.5 Å². The molecule has 0 aliphatic carbocycles. The normalized spacial score (nSPS) is 9.79. The molecule has 1 rings (SSSR count). The maximum atomic E-state index is 11.3. The van der Waals surface area contributed by atoms with Crippen LogP contribution in [0.15, 0.2) is 30.3 Å². The molecule has 14 heavy (non-hydrogen) atoms. The highest BCUT2D eigenvalue weighted by molar-refractivity contribution is 5.89. The van der Waals surface area contributed by atoms with E-state index in [0.717, 1.165) is 0 Å². The van der Waals surface area contributed by atoms with E-state index >= 15 is 0 Å². The maximum Gasteiger partial charge on any atom is 0.338 e. The summed E-state index contributed by atoms with van der Waals surface area (Å²) in [6, 6.07) is 8.88. The summed E-state index contributed by atoms with van der Waals surface area (Å²) in [4.78, 5) is 11.3. The van der Waals surface area contributed by atoms with Crippen LogP contribution in [0, 0.1) is 6.61 Å². The van der Waals surface area contributed by atoms with Gasteiger partial charge in [-0.15, -0.1) is 0 Å². The number of rotatable bonds is 5. The van der Waals surface area contributed by atoms with Crippen molar-refractivity contribution in [2.45, 2.75) is 6.92 Å². The van der Waals surface area contributed by atoms with Gasteiger partial charge in [-0.1, -0.05) is 18.2 Å². The molecule has 0 aromatic heterocycles. The zero-order chi connectivity index (χ0) is 10.2. The molecule has 0 aliphatic rings. The number of benzene rings is 1. The number of esters is 1. The van der Waals surface area contributed by atoms with Gasteiger partial charge < -0.3 is 9.47 Å². The van der Waals surface area contributed by atoms with E-state index < -0.39 is 0 Å². The van der Waals surface area contributed by atoms with Gasteiger partial charge in [0.15, 0.2) is 0 Å². The van der Waals surface area contributed by atoms with Crippen LogP contribution >= 0.6 is 0 Å². The molecule has 0 saturated carbocycles. The summed E-state index contributed by atoms with van der Waals surface area (Å²) in [6.07, 6.45) is 0. The number of carbonyl (C=O) groups excluding carboxylic acids is 1. The molecular weight excluding hydrogens is 180 g/mol. The molecule has 75 valence electrons. The predicted molar refractivity (Wildman–Crippen MR) is 52.7 cm³/mol. The quantitative estimate of drug-likeness (QED) is 0.530. The van der Waals surface area contributed by atoms with Crippen molar-refractivity contribution in [3.8, 4) is 0 Å². The second kappa shape index (κ2) is 6.16. The van der Waals surface area contributed by atoms with Crippen LogP contribution < -0.4 is 0 Å². The molecule has 1 aromatic carbocycles. The van der Waals surface area contributed by atoms with Gasteiger partial charge in [-0.05, 0) is 19.1 Å². The Hall–Kier alpha value is -1.35. The van der Waals surface area contributed by atoms with Crippen molar-refractivity contribution in [1.82, 2.24) is 0 Å². The summed E-state index contributed by atoms with van der Waals surface area (Å²) in [5.74, 6) is -0.315. The van der Waals surface area contributed by atoms with Gasteiger partial charge in [0.2, 0.25) is 0 Å². The maximum absolute atomic E-state index is 11.3. The molecule has 0 N–H and O–H groups in total. The molecule has 0 atom stereocenters. The minimum atomic E-state index is -0.315. The molecule has 3 nitrogen and oxygen atoms in total. The van der Waals surface area contributed by atoms with E-state index in [1.807, 2.05) is 6.07 Å². The minimum absolute atomic E-state index is 0.276. The molecule has 1 aromatic rings. The number of carbonyl (C=O) groups is 1. The van der Waals surface area contributed by atoms with Crippen LogP contribution in [0.4, 0.5) is 0 Å². The Balaban J connectivity index is 2.29. The lowest BCUT2D eigenvalue weighted by molar-refractivity contribution is 0.0394. The third-order valence-electron chi connectivity index (χ3n) is 1.61. The van der Waals surface area contributed by atoms with E-state index in [4.69, 9.17) is 9.47 Å². The Bertz CT molecular complexity index is 269. The summed E-state index contributed by atoms with van der Waals surface area (Å²) in [7, 11) is 0. The third-order valence-corrected chi connectivity index (χ3v) is 1.61. The Morgan fingerprint density at radius 2 is 2.00 bits per heavy atom. The SMILES string of the molecule is C[CH]OCCOC(=O)c1ccccc1. The first-order chi connectivity index (χ1) is 6.84. The lowest BCUT2D eigenvalue weighted by Crippen LogP contribution is -2.09. The zero-order valence-electron chi connectivity index (χ0n) is 8.10. The second-order valence-electron chi connectivity index (χ2n) is 2.61. The van der Waals surface area contributed by atoms with E-state index in [-0.39, 0.29) is 12.6 Å². The number of hydrogen-bond donors (Lipinski definition) is 0. The zero-order valence-corrected chi connectivity index (χ0v) is 8.10. The van der Waals surface area contributed by atoms with Gasteiger partial charge in [0.1, 0.15) is 6.61 Å². The highest BCUT2D eigenvalue weighted by Gasteiger charge is 2.04. The topological polar surface area (TPSA) is 35.5 Å². The van der Waals surface area contributed by atoms with Crippen molar-refractivity contribution < 1.29 is 14.3 Å². The summed E-state index contributed by atoms with van der Waals surface area (Å²) in [5, 5.41) is 0. The first-order valence-corrected chi connectivity index (χ1v) is 4.46. The fourth-order valence-electron chi connectivity index (χ4n) is 0.958. The van der Waals surface area contributed by atoms with Crippen LogP contribution in [0.25, 0.3) is 0 Å². The van der Waals surface area contributed by atoms with E-state index in [9.17, 15) is 4.79 Å². The summed E-state index contributed by atoms with van der Waals surface area (Å²) >= 11 is 0. The number of hydrogen-bond acceptors (Lipinski definition) is 3. The van der Waals surface area contributed by atoms with Gasteiger partial charge >= 0.3 is 5.97 Å². The lowest BCUT2D eigenvalue weighted by Gasteiger charge is -2.03. The van der Waals surface area contributed by atoms with E-state index in [2.05, 4.69) is 0 Å². The molecule has 0 saturated heterocycles. The van der Waals surface area contributed by atoms with E-state index in [1.165, 1.54) is 0 Å². The van der Waals surface area contributed by atoms with Gasteiger partial charge in [0.05, 0.1) is 18.8 Å². The van der Waals surface area contributed by atoms with Crippen LogP contribution in [0.2, 0.25) is 0 Å². The van der Waals surface area contributed by atoms with Gasteiger partial charge in [-0.25, -0.2) is 4.79 Å². The minimum Gasteiger partial charge on any atom is -0.460 e. The van der Waals surface area contributed by atoms with Gasteiger partial charge in [-0.3, -0.25) is 0 Å². The van der Waals surface area contributed by atoms with Crippen LogP contribution in [0.1, 0.15) is 17.3 Å². The Morgan fingerprint density at radius 1 is 1.29 bits per heavy atom. The average Bonchev–Trinajstić information content (AvgIpc) is 2.25. The van der Waals surface area contributed by atoms with Crippen molar-refractivity contribution >= 4 is 5.97 Å². The molecule has 0 unspecified atom stereocenters. The van der Waals surface area contributed by atoms with Crippen LogP contribution in [-0.4, -0.2) is 19.2 Å². The Morgan fingerprint density at radius 3 is 2.64 bits per heavy atom.